The maximum atomic E-state index is 12.8. The van der Waals surface area contributed by atoms with Gasteiger partial charge in [0.2, 0.25) is 5.91 Å². The number of benzene rings is 2. The molecule has 0 aliphatic heterocycles. The number of amides is 2. The maximum absolute atomic E-state index is 12.8. The SMILES string of the molecule is O=C(CSc1ccccn1)Nc1cccc(C(=O)Nc2cccc(C(F)(F)F)c2)c1. The molecule has 0 atom stereocenters. The Morgan fingerprint density at radius 2 is 1.63 bits per heavy atom. The van der Waals surface area contributed by atoms with Gasteiger partial charge in [-0.3, -0.25) is 9.59 Å². The Balaban J connectivity index is 1.62. The summed E-state index contributed by atoms with van der Waals surface area (Å²) in [4.78, 5) is 28.6. The number of pyridine rings is 1. The van der Waals surface area contributed by atoms with Crippen molar-refractivity contribution in [1.29, 1.82) is 0 Å². The molecule has 1 heterocycles. The maximum Gasteiger partial charge on any atom is 0.416 e. The number of halogens is 3. The van der Waals surface area contributed by atoms with Crippen molar-refractivity contribution in [3.05, 3.63) is 84.1 Å². The van der Waals surface area contributed by atoms with Crippen LogP contribution in [0.3, 0.4) is 0 Å². The third-order valence-electron chi connectivity index (χ3n) is 3.85. The molecule has 0 radical (unpaired) electrons. The lowest BCUT2D eigenvalue weighted by Gasteiger charge is -2.11. The number of nitrogens with zero attached hydrogens (tertiary/aromatic N) is 1. The van der Waals surface area contributed by atoms with Gasteiger partial charge in [0.15, 0.2) is 0 Å². The summed E-state index contributed by atoms with van der Waals surface area (Å²) in [5.74, 6) is -0.730. The van der Waals surface area contributed by atoms with Gasteiger partial charge in [0, 0.05) is 23.1 Å². The first-order chi connectivity index (χ1) is 14.3. The molecule has 30 heavy (non-hydrogen) atoms. The normalized spacial score (nSPS) is 11.0. The summed E-state index contributed by atoms with van der Waals surface area (Å²) in [6.45, 7) is 0. The summed E-state index contributed by atoms with van der Waals surface area (Å²) >= 11 is 1.27. The number of aromatic nitrogens is 1. The molecular weight excluding hydrogens is 415 g/mol. The number of thioether (sulfide) groups is 1. The van der Waals surface area contributed by atoms with Gasteiger partial charge in [-0.15, -0.1) is 0 Å². The van der Waals surface area contributed by atoms with Gasteiger partial charge in [0.1, 0.15) is 0 Å². The lowest BCUT2D eigenvalue weighted by molar-refractivity contribution is -0.137. The van der Waals surface area contributed by atoms with Crippen LogP contribution in [-0.2, 0) is 11.0 Å². The number of rotatable bonds is 6. The summed E-state index contributed by atoms with van der Waals surface area (Å²) < 4.78 is 38.4. The average Bonchev–Trinajstić information content (AvgIpc) is 2.73. The van der Waals surface area contributed by atoms with E-state index in [0.717, 1.165) is 12.1 Å². The smallest absolute Gasteiger partial charge is 0.325 e. The van der Waals surface area contributed by atoms with Crippen LogP contribution in [0, 0.1) is 0 Å². The summed E-state index contributed by atoms with van der Waals surface area (Å²) in [5, 5.41) is 5.83. The molecule has 154 valence electrons. The third-order valence-corrected chi connectivity index (χ3v) is 4.79. The van der Waals surface area contributed by atoms with Crippen LogP contribution < -0.4 is 10.6 Å². The van der Waals surface area contributed by atoms with E-state index in [2.05, 4.69) is 15.6 Å². The van der Waals surface area contributed by atoms with Crippen LogP contribution in [-0.4, -0.2) is 22.6 Å². The largest absolute Gasteiger partial charge is 0.416 e. The minimum Gasteiger partial charge on any atom is -0.325 e. The minimum atomic E-state index is -4.50. The van der Waals surface area contributed by atoms with Crippen molar-refractivity contribution < 1.29 is 22.8 Å². The van der Waals surface area contributed by atoms with E-state index in [9.17, 15) is 22.8 Å². The van der Waals surface area contributed by atoms with E-state index in [1.54, 1.807) is 30.5 Å². The predicted molar refractivity (Wildman–Crippen MR) is 109 cm³/mol. The number of nitrogens with one attached hydrogen (secondary N) is 2. The highest BCUT2D eigenvalue weighted by atomic mass is 32.2. The standard InChI is InChI=1S/C21H16F3N3O2S/c22-21(23,24)15-6-4-8-17(12-15)27-20(29)14-5-3-7-16(11-14)26-18(28)13-30-19-9-1-2-10-25-19/h1-12H,13H2,(H,26,28)(H,27,29). The Morgan fingerprint density at radius 1 is 0.900 bits per heavy atom. The van der Waals surface area contributed by atoms with Crippen LogP contribution in [0.4, 0.5) is 24.5 Å². The van der Waals surface area contributed by atoms with Crippen LogP contribution in [0.5, 0.6) is 0 Å². The number of alkyl halides is 3. The highest BCUT2D eigenvalue weighted by Crippen LogP contribution is 2.30. The van der Waals surface area contributed by atoms with Gasteiger partial charge >= 0.3 is 6.18 Å². The molecule has 0 saturated carbocycles. The molecule has 3 aromatic rings. The summed E-state index contributed by atoms with van der Waals surface area (Å²) in [6, 6.07) is 15.9. The van der Waals surface area contributed by atoms with Gasteiger partial charge in [-0.2, -0.15) is 13.2 Å². The number of hydrogen-bond donors (Lipinski definition) is 2. The molecule has 5 nitrogen and oxygen atoms in total. The van der Waals surface area contributed by atoms with Crippen LogP contribution in [0.2, 0.25) is 0 Å². The number of carbonyl (C=O) groups excluding carboxylic acids is 2. The topological polar surface area (TPSA) is 71.1 Å². The molecule has 0 aliphatic carbocycles. The van der Waals surface area contributed by atoms with Crippen molar-refractivity contribution in [3.8, 4) is 0 Å². The fourth-order valence-electron chi connectivity index (χ4n) is 2.48. The fraction of sp³-hybridized carbons (Fsp3) is 0.0952. The molecule has 2 N–H and O–H groups in total. The zero-order chi connectivity index (χ0) is 21.6. The van der Waals surface area contributed by atoms with Crippen molar-refractivity contribution in [3.63, 3.8) is 0 Å². The molecule has 0 fully saturated rings. The van der Waals surface area contributed by atoms with Crippen molar-refractivity contribution in [2.45, 2.75) is 11.2 Å². The molecule has 1 aromatic heterocycles. The lowest BCUT2D eigenvalue weighted by Crippen LogP contribution is -2.16. The van der Waals surface area contributed by atoms with Crippen LogP contribution in [0.15, 0.2) is 78.0 Å². The number of anilines is 2. The minimum absolute atomic E-state index is 0.0241. The van der Waals surface area contributed by atoms with Gasteiger partial charge in [0.25, 0.3) is 5.91 Å². The molecule has 0 bridgehead atoms. The molecule has 2 amide bonds. The first-order valence-corrected chi connectivity index (χ1v) is 9.72. The Kier molecular flexibility index (Phi) is 6.73. The van der Waals surface area contributed by atoms with Gasteiger partial charge < -0.3 is 10.6 Å². The number of carbonyl (C=O) groups is 2. The Hall–Kier alpha value is -3.33. The Morgan fingerprint density at radius 3 is 2.33 bits per heavy atom. The van der Waals surface area contributed by atoms with E-state index in [-0.39, 0.29) is 22.9 Å². The molecule has 0 spiro atoms. The summed E-state index contributed by atoms with van der Waals surface area (Å²) in [5.41, 5.74) is -0.233. The van der Waals surface area contributed by atoms with Crippen molar-refractivity contribution >= 4 is 35.0 Å². The van der Waals surface area contributed by atoms with Crippen molar-refractivity contribution in [1.82, 2.24) is 4.98 Å². The average molecular weight is 431 g/mol. The molecule has 0 aliphatic rings. The van der Waals surface area contributed by atoms with Gasteiger partial charge in [-0.05, 0) is 48.5 Å². The highest BCUT2D eigenvalue weighted by Gasteiger charge is 2.30. The van der Waals surface area contributed by atoms with E-state index < -0.39 is 17.6 Å². The quantitative estimate of drug-likeness (QED) is 0.534. The summed E-state index contributed by atoms with van der Waals surface area (Å²) in [6.07, 6.45) is -2.87. The fourth-order valence-corrected chi connectivity index (χ4v) is 3.15. The monoisotopic (exact) mass is 431 g/mol. The molecule has 0 saturated heterocycles. The lowest BCUT2D eigenvalue weighted by atomic mass is 10.1. The second kappa shape index (κ2) is 9.45. The summed E-state index contributed by atoms with van der Waals surface area (Å²) in [7, 11) is 0. The second-order valence-corrected chi connectivity index (χ2v) is 7.11. The van der Waals surface area contributed by atoms with E-state index in [4.69, 9.17) is 0 Å². The van der Waals surface area contributed by atoms with Gasteiger partial charge in [-0.25, -0.2) is 4.98 Å². The molecular formula is C21H16F3N3O2S. The van der Waals surface area contributed by atoms with Crippen LogP contribution in [0.1, 0.15) is 15.9 Å². The predicted octanol–water partition coefficient (Wildman–Crippen LogP) is 5.08. The third kappa shape index (κ3) is 6.08. The Bertz CT molecular complexity index is 1040. The Labute approximate surface area is 174 Å². The van der Waals surface area contributed by atoms with Gasteiger partial charge in [-0.1, -0.05) is 30.0 Å². The van der Waals surface area contributed by atoms with Crippen molar-refractivity contribution in [2.75, 3.05) is 16.4 Å². The second-order valence-electron chi connectivity index (χ2n) is 6.12. The first kappa shape index (κ1) is 21.4. The molecule has 9 heteroatoms. The van der Waals surface area contributed by atoms with Crippen LogP contribution >= 0.6 is 11.8 Å². The molecule has 3 rings (SSSR count). The zero-order valence-corrected chi connectivity index (χ0v) is 16.3. The van der Waals surface area contributed by atoms with Crippen LogP contribution in [0.25, 0.3) is 0 Å². The number of hydrogen-bond acceptors (Lipinski definition) is 4. The van der Waals surface area contributed by atoms with E-state index >= 15 is 0 Å². The highest BCUT2D eigenvalue weighted by molar-refractivity contribution is 7.99. The van der Waals surface area contributed by atoms with E-state index in [0.29, 0.717) is 10.7 Å². The van der Waals surface area contributed by atoms with E-state index in [1.165, 1.54) is 36.0 Å². The first-order valence-electron chi connectivity index (χ1n) is 8.73. The zero-order valence-electron chi connectivity index (χ0n) is 15.4. The molecule has 2 aromatic carbocycles. The molecule has 0 unspecified atom stereocenters. The van der Waals surface area contributed by atoms with Crippen molar-refractivity contribution in [2.24, 2.45) is 0 Å². The van der Waals surface area contributed by atoms with Gasteiger partial charge in [0.05, 0.1) is 16.3 Å². The van der Waals surface area contributed by atoms with E-state index in [1.807, 2.05) is 6.07 Å².